The van der Waals surface area contributed by atoms with Crippen LogP contribution >= 0.6 is 18.6 Å². The number of nitrogen functional groups attached to an aromatic ring is 1. The number of rotatable bonds is 6. The maximum Gasteiger partial charge on any atom is 0.172 e. The van der Waals surface area contributed by atoms with E-state index >= 15 is 0 Å². The van der Waals surface area contributed by atoms with E-state index in [9.17, 15) is 10.2 Å². The van der Waals surface area contributed by atoms with E-state index in [-0.39, 0.29) is 5.82 Å². The van der Waals surface area contributed by atoms with E-state index in [1.54, 1.807) is 4.57 Å². The highest BCUT2D eigenvalue weighted by atomic mass is 32.2. The minimum absolute atomic E-state index is 0.278. The number of aliphatic hydroxyl groups excluding tert-OH is 2. The smallest absolute Gasteiger partial charge is 0.172 e. The normalized spacial score (nSPS) is 26.7. The Kier molecular flexibility index (Phi) is 5.65. The second-order valence-electron chi connectivity index (χ2n) is 7.12. The van der Waals surface area contributed by atoms with Gasteiger partial charge in [-0.05, 0) is 31.7 Å². The Morgan fingerprint density at radius 2 is 2.08 bits per heavy atom. The third-order valence-corrected chi connectivity index (χ3v) is 6.66. The van der Waals surface area contributed by atoms with Gasteiger partial charge in [-0.1, -0.05) is 18.7 Å². The summed E-state index contributed by atoms with van der Waals surface area (Å²) in [5, 5.41) is 21.8. The van der Waals surface area contributed by atoms with Crippen molar-refractivity contribution in [3.63, 3.8) is 0 Å². The zero-order valence-corrected chi connectivity index (χ0v) is 17.0. The molecule has 26 heavy (non-hydrogen) atoms. The standard InChI is InChI=1S/C16H26N5O3PS/c1-5-26-16-20-10-13(17)18-8-19-14(10)21(16)15-12(23)11(22)9(24-15)6-7-25(2,3)4/h8-9,11-12,15,22-23H,2,5-7H2,1,3-4H3,(H2,17,18,19)/t9-,11-,12-,15-/m1/s1. The SMILES string of the molecule is C=P(C)(C)CC[C@H]1O[C@@H](n2c(SCC)nc3c(N)ncnc32)[C@H](O)[C@@H]1O. The lowest BCUT2D eigenvalue weighted by molar-refractivity contribution is -0.0400. The molecule has 8 nitrogen and oxygen atoms in total. The first kappa shape index (κ1) is 19.6. The molecule has 3 heterocycles. The van der Waals surface area contributed by atoms with Gasteiger partial charge in [0.15, 0.2) is 28.4 Å². The van der Waals surface area contributed by atoms with E-state index in [0.29, 0.717) is 22.7 Å². The topological polar surface area (TPSA) is 119 Å². The van der Waals surface area contributed by atoms with Crippen LogP contribution in [0.5, 0.6) is 0 Å². The molecular formula is C16H26N5O3PS. The molecule has 4 atom stereocenters. The molecule has 144 valence electrons. The molecule has 4 N–H and O–H groups in total. The molecule has 0 unspecified atom stereocenters. The molecule has 1 aliphatic heterocycles. The van der Waals surface area contributed by atoms with Crippen LogP contribution in [0.1, 0.15) is 19.6 Å². The van der Waals surface area contributed by atoms with E-state index in [1.165, 1.54) is 18.1 Å². The molecule has 0 bridgehead atoms. The number of imidazole rings is 1. The van der Waals surface area contributed by atoms with Crippen molar-refractivity contribution < 1.29 is 14.9 Å². The minimum atomic E-state index is -1.24. The van der Waals surface area contributed by atoms with Crippen LogP contribution < -0.4 is 5.73 Å². The van der Waals surface area contributed by atoms with Crippen molar-refractivity contribution in [1.82, 2.24) is 19.5 Å². The summed E-state index contributed by atoms with van der Waals surface area (Å²) in [5.74, 6) is 1.06. The monoisotopic (exact) mass is 399 g/mol. The largest absolute Gasteiger partial charge is 0.388 e. The predicted octanol–water partition coefficient (Wildman–Crippen LogP) is 1.24. The summed E-state index contributed by atoms with van der Waals surface area (Å²) < 4.78 is 7.78. The van der Waals surface area contributed by atoms with E-state index in [1.807, 2.05) is 6.92 Å². The van der Waals surface area contributed by atoms with Crippen molar-refractivity contribution in [2.75, 3.05) is 31.0 Å². The van der Waals surface area contributed by atoms with Crippen LogP contribution in [0, 0.1) is 0 Å². The predicted molar refractivity (Wildman–Crippen MR) is 107 cm³/mol. The van der Waals surface area contributed by atoms with Crippen molar-refractivity contribution in [2.45, 2.75) is 43.0 Å². The van der Waals surface area contributed by atoms with Gasteiger partial charge in [-0.2, -0.15) is 0 Å². The zero-order valence-electron chi connectivity index (χ0n) is 15.2. The molecule has 1 fully saturated rings. The molecule has 2 aromatic rings. The van der Waals surface area contributed by atoms with Crippen molar-refractivity contribution in [3.05, 3.63) is 6.33 Å². The number of nitrogens with zero attached hydrogens (tertiary/aromatic N) is 4. The first-order chi connectivity index (χ1) is 12.2. The van der Waals surface area contributed by atoms with Gasteiger partial charge in [-0.25, -0.2) is 15.0 Å². The average Bonchev–Trinajstić information content (AvgIpc) is 3.05. The average molecular weight is 399 g/mol. The van der Waals surface area contributed by atoms with Gasteiger partial charge in [0.2, 0.25) is 0 Å². The Hall–Kier alpha value is -1.12. The van der Waals surface area contributed by atoms with E-state index in [0.717, 1.165) is 11.9 Å². The third kappa shape index (κ3) is 3.77. The summed E-state index contributed by atoms with van der Waals surface area (Å²) >= 11 is 1.50. The molecule has 10 heteroatoms. The summed E-state index contributed by atoms with van der Waals surface area (Å²) in [5.41, 5.74) is 6.90. The fraction of sp³-hybridized carbons (Fsp3) is 0.625. The molecule has 3 rings (SSSR count). The van der Waals surface area contributed by atoms with Gasteiger partial charge in [0.1, 0.15) is 18.5 Å². The Morgan fingerprint density at radius 3 is 2.73 bits per heavy atom. The molecule has 0 amide bonds. The van der Waals surface area contributed by atoms with E-state index in [4.69, 9.17) is 10.5 Å². The highest BCUT2D eigenvalue weighted by Gasteiger charge is 2.45. The Morgan fingerprint density at radius 1 is 1.35 bits per heavy atom. The third-order valence-electron chi connectivity index (χ3n) is 4.36. The molecule has 1 aliphatic rings. The van der Waals surface area contributed by atoms with Crippen molar-refractivity contribution in [2.24, 2.45) is 0 Å². The summed E-state index contributed by atoms with van der Waals surface area (Å²) in [7, 11) is 0. The summed E-state index contributed by atoms with van der Waals surface area (Å²) in [4.78, 5) is 12.8. The molecule has 2 aromatic heterocycles. The number of hydrogen-bond acceptors (Lipinski definition) is 8. The first-order valence-electron chi connectivity index (χ1n) is 8.53. The number of nitrogens with two attached hydrogens (primary N) is 1. The second kappa shape index (κ2) is 7.48. The lowest BCUT2D eigenvalue weighted by atomic mass is 10.1. The quantitative estimate of drug-likeness (QED) is 0.490. The van der Waals surface area contributed by atoms with Crippen LogP contribution in [0.25, 0.3) is 11.2 Å². The van der Waals surface area contributed by atoms with Crippen LogP contribution in [0.3, 0.4) is 0 Å². The fourth-order valence-corrected chi connectivity index (χ4v) is 4.72. The van der Waals surface area contributed by atoms with Crippen LogP contribution in [0.4, 0.5) is 5.82 Å². The number of ether oxygens (including phenoxy) is 1. The molecular weight excluding hydrogens is 373 g/mol. The molecule has 0 radical (unpaired) electrons. The van der Waals surface area contributed by atoms with Crippen LogP contribution in [-0.2, 0) is 4.74 Å². The zero-order chi connectivity index (χ0) is 19.1. The summed E-state index contributed by atoms with van der Waals surface area (Å²) in [6.07, 6.45) is 3.83. The second-order valence-corrected chi connectivity index (χ2v) is 12.7. The van der Waals surface area contributed by atoms with Crippen molar-refractivity contribution in [3.8, 4) is 0 Å². The van der Waals surface area contributed by atoms with Gasteiger partial charge in [0, 0.05) is 0 Å². The van der Waals surface area contributed by atoms with Crippen LogP contribution in [-0.4, -0.2) is 79.6 Å². The van der Waals surface area contributed by atoms with Gasteiger partial charge in [-0.3, -0.25) is 4.57 Å². The number of aliphatic hydroxyl groups is 2. The highest BCUT2D eigenvalue weighted by Crippen LogP contribution is 2.41. The van der Waals surface area contributed by atoms with Gasteiger partial charge >= 0.3 is 0 Å². The van der Waals surface area contributed by atoms with E-state index in [2.05, 4.69) is 34.6 Å². The summed E-state index contributed by atoms with van der Waals surface area (Å²) in [6.45, 7) is 5.04. The number of hydrogen-bond donors (Lipinski definition) is 3. The number of thioether (sulfide) groups is 1. The highest BCUT2D eigenvalue weighted by molar-refractivity contribution is 7.99. The maximum absolute atomic E-state index is 10.6. The fourth-order valence-electron chi connectivity index (χ4n) is 3.02. The Balaban J connectivity index is 1.96. The molecule has 1 saturated heterocycles. The molecule has 0 saturated carbocycles. The van der Waals surface area contributed by atoms with Crippen molar-refractivity contribution in [1.29, 1.82) is 0 Å². The number of fused-ring (bicyclic) bond motifs is 1. The Labute approximate surface area is 157 Å². The number of aromatic nitrogens is 4. The van der Waals surface area contributed by atoms with Gasteiger partial charge in [-0.15, -0.1) is 13.2 Å². The van der Waals surface area contributed by atoms with Gasteiger partial charge < -0.3 is 20.7 Å². The molecule has 0 aliphatic carbocycles. The first-order valence-corrected chi connectivity index (χ1v) is 12.6. The Bertz CT molecular complexity index is 839. The van der Waals surface area contributed by atoms with Crippen LogP contribution in [0.15, 0.2) is 11.5 Å². The van der Waals surface area contributed by atoms with E-state index < -0.39 is 31.4 Å². The van der Waals surface area contributed by atoms with Crippen molar-refractivity contribution >= 4 is 41.9 Å². The summed E-state index contributed by atoms with van der Waals surface area (Å²) in [6, 6.07) is 0. The maximum atomic E-state index is 10.6. The van der Waals surface area contributed by atoms with Crippen LogP contribution in [0.2, 0.25) is 0 Å². The number of anilines is 1. The van der Waals surface area contributed by atoms with Gasteiger partial charge in [0.05, 0.1) is 6.10 Å². The lowest BCUT2D eigenvalue weighted by Gasteiger charge is -2.19. The molecule has 0 spiro atoms. The van der Waals surface area contributed by atoms with Gasteiger partial charge in [0.25, 0.3) is 0 Å². The molecule has 0 aromatic carbocycles. The minimum Gasteiger partial charge on any atom is -0.388 e. The lowest BCUT2D eigenvalue weighted by Crippen LogP contribution is -2.32.